The summed E-state index contributed by atoms with van der Waals surface area (Å²) in [6.45, 7) is 3.23. The largest absolute Gasteiger partial charge is 0.481 e. The number of carbonyl (C=O) groups excluding carboxylic acids is 1. The maximum atomic E-state index is 12.1. The fourth-order valence-electron chi connectivity index (χ4n) is 3.53. The van der Waals surface area contributed by atoms with Crippen molar-refractivity contribution in [3.05, 3.63) is 0 Å². The number of nitrogens with zero attached hydrogens (tertiary/aromatic N) is 1. The Labute approximate surface area is 118 Å². The fourth-order valence-corrected chi connectivity index (χ4v) is 3.53. The highest BCUT2D eigenvalue weighted by molar-refractivity contribution is 5.76. The highest BCUT2D eigenvalue weighted by Crippen LogP contribution is 2.34. The van der Waals surface area contributed by atoms with Crippen LogP contribution in [0.1, 0.15) is 32.1 Å². The van der Waals surface area contributed by atoms with Crippen LogP contribution in [0.2, 0.25) is 0 Å². The molecule has 3 aliphatic heterocycles. The molecule has 3 N–H and O–H groups in total. The minimum atomic E-state index is -0.843. The van der Waals surface area contributed by atoms with E-state index in [9.17, 15) is 9.59 Å². The lowest BCUT2D eigenvalue weighted by Gasteiger charge is -2.45. The molecule has 4 fully saturated rings. The van der Waals surface area contributed by atoms with Gasteiger partial charge in [-0.15, -0.1) is 0 Å². The van der Waals surface area contributed by atoms with Crippen LogP contribution in [0, 0.1) is 11.8 Å². The van der Waals surface area contributed by atoms with Crippen molar-refractivity contribution in [2.24, 2.45) is 11.8 Å². The van der Waals surface area contributed by atoms with E-state index in [4.69, 9.17) is 5.11 Å². The molecule has 2 amide bonds. The molecule has 20 heavy (non-hydrogen) atoms. The van der Waals surface area contributed by atoms with Gasteiger partial charge in [-0.3, -0.25) is 4.79 Å². The molecule has 0 aromatic heterocycles. The number of carboxylic acid groups (broad SMARTS) is 1. The van der Waals surface area contributed by atoms with Crippen molar-refractivity contribution in [3.63, 3.8) is 0 Å². The molecule has 2 bridgehead atoms. The van der Waals surface area contributed by atoms with Gasteiger partial charge in [-0.1, -0.05) is 0 Å². The van der Waals surface area contributed by atoms with E-state index in [1.807, 2.05) is 0 Å². The first-order valence-electron chi connectivity index (χ1n) is 7.63. The Morgan fingerprint density at radius 2 is 1.90 bits per heavy atom. The predicted octanol–water partition coefficient (Wildman–Crippen LogP) is 0.633. The van der Waals surface area contributed by atoms with Gasteiger partial charge in [-0.05, 0) is 50.6 Å². The van der Waals surface area contributed by atoms with Gasteiger partial charge in [-0.2, -0.15) is 0 Å². The van der Waals surface area contributed by atoms with Crippen LogP contribution in [-0.2, 0) is 4.79 Å². The van der Waals surface area contributed by atoms with Gasteiger partial charge in [0.25, 0.3) is 0 Å². The first kappa shape index (κ1) is 13.7. The van der Waals surface area contributed by atoms with Gasteiger partial charge in [-0.25, -0.2) is 4.79 Å². The average molecular weight is 281 g/mol. The maximum absolute atomic E-state index is 12.1. The number of nitrogens with one attached hydrogen (secondary N) is 2. The van der Waals surface area contributed by atoms with Crippen LogP contribution in [0.5, 0.6) is 0 Å². The molecule has 112 valence electrons. The molecule has 0 aromatic rings. The summed E-state index contributed by atoms with van der Waals surface area (Å²) < 4.78 is 0. The van der Waals surface area contributed by atoms with Crippen LogP contribution in [0.3, 0.4) is 0 Å². The molecule has 0 aromatic carbocycles. The second kappa shape index (κ2) is 5.60. The number of urea groups is 1. The maximum Gasteiger partial charge on any atom is 0.315 e. The lowest BCUT2D eigenvalue weighted by atomic mass is 9.84. The Morgan fingerprint density at radius 3 is 2.40 bits per heavy atom. The van der Waals surface area contributed by atoms with Crippen molar-refractivity contribution in [1.29, 1.82) is 0 Å². The Kier molecular flexibility index (Phi) is 3.83. The average Bonchev–Trinajstić information content (AvgIpc) is 3.23. The van der Waals surface area contributed by atoms with E-state index in [1.165, 1.54) is 0 Å². The summed E-state index contributed by atoms with van der Waals surface area (Å²) in [5.41, 5.74) is 0. The van der Waals surface area contributed by atoms with Gasteiger partial charge >= 0.3 is 12.0 Å². The zero-order valence-electron chi connectivity index (χ0n) is 11.7. The van der Waals surface area contributed by atoms with E-state index < -0.39 is 5.97 Å². The Morgan fingerprint density at radius 1 is 1.20 bits per heavy atom. The number of aliphatic carboxylic acids is 1. The summed E-state index contributed by atoms with van der Waals surface area (Å²) in [7, 11) is 0. The van der Waals surface area contributed by atoms with Crippen molar-refractivity contribution in [2.75, 3.05) is 19.6 Å². The summed E-state index contributed by atoms with van der Waals surface area (Å²) in [6.07, 6.45) is 4.40. The Bertz CT molecular complexity index is 389. The molecule has 6 heteroatoms. The van der Waals surface area contributed by atoms with Gasteiger partial charge in [0.1, 0.15) is 0 Å². The quantitative estimate of drug-likeness (QED) is 0.690. The predicted molar refractivity (Wildman–Crippen MR) is 73.4 cm³/mol. The standard InChI is InChI=1S/C14H23N3O3/c18-13(19)7-11(9-1-2-9)15-14(20)16-12-8-17-5-3-10(12)4-6-17/h9-12H,1-8H2,(H,18,19)(H2,15,16,20). The summed E-state index contributed by atoms with van der Waals surface area (Å²) in [5, 5.41) is 14.8. The smallest absolute Gasteiger partial charge is 0.315 e. The van der Waals surface area contributed by atoms with Crippen LogP contribution < -0.4 is 10.6 Å². The first-order valence-corrected chi connectivity index (χ1v) is 7.63. The summed E-state index contributed by atoms with van der Waals surface area (Å²) in [5.74, 6) is 0.0954. The van der Waals surface area contributed by atoms with E-state index in [2.05, 4.69) is 15.5 Å². The Balaban J connectivity index is 1.49. The Hall–Kier alpha value is -1.30. The third-order valence-electron chi connectivity index (χ3n) is 4.87. The highest BCUT2D eigenvalue weighted by atomic mass is 16.4. The molecule has 2 unspecified atom stereocenters. The zero-order valence-corrected chi connectivity index (χ0v) is 11.7. The molecule has 4 aliphatic rings. The lowest BCUT2D eigenvalue weighted by Crippen LogP contribution is -2.59. The molecule has 3 heterocycles. The first-order chi connectivity index (χ1) is 9.61. The molecule has 6 nitrogen and oxygen atoms in total. The van der Waals surface area contributed by atoms with Crippen molar-refractivity contribution in [3.8, 4) is 0 Å². The van der Waals surface area contributed by atoms with Crippen LogP contribution in [-0.4, -0.2) is 53.7 Å². The van der Waals surface area contributed by atoms with Crippen LogP contribution in [0.25, 0.3) is 0 Å². The second-order valence-electron chi connectivity index (χ2n) is 6.40. The number of carboxylic acids is 1. The number of amides is 2. The van der Waals surface area contributed by atoms with Crippen LogP contribution >= 0.6 is 0 Å². The van der Waals surface area contributed by atoms with Crippen molar-refractivity contribution in [2.45, 2.75) is 44.2 Å². The van der Waals surface area contributed by atoms with Crippen molar-refractivity contribution in [1.82, 2.24) is 15.5 Å². The lowest BCUT2D eigenvalue weighted by molar-refractivity contribution is -0.137. The molecular weight excluding hydrogens is 258 g/mol. The molecule has 1 aliphatic carbocycles. The summed E-state index contributed by atoms with van der Waals surface area (Å²) in [6, 6.07) is -0.183. The molecule has 0 spiro atoms. The topological polar surface area (TPSA) is 81.7 Å². The third kappa shape index (κ3) is 3.23. The molecule has 2 atom stereocenters. The SMILES string of the molecule is O=C(O)CC(NC(=O)NC1CN2CCC1CC2)C1CC1. The van der Waals surface area contributed by atoms with Gasteiger partial charge in [0.15, 0.2) is 0 Å². The van der Waals surface area contributed by atoms with E-state index >= 15 is 0 Å². The summed E-state index contributed by atoms with van der Waals surface area (Å²) >= 11 is 0. The van der Waals surface area contributed by atoms with Crippen LogP contribution in [0.15, 0.2) is 0 Å². The molecule has 1 saturated carbocycles. The summed E-state index contributed by atoms with van der Waals surface area (Å²) in [4.78, 5) is 25.3. The van der Waals surface area contributed by atoms with Gasteiger partial charge in [0, 0.05) is 18.6 Å². The number of hydrogen-bond donors (Lipinski definition) is 3. The molecular formula is C14H23N3O3. The normalized spacial score (nSPS) is 33.5. The van der Waals surface area contributed by atoms with Crippen molar-refractivity contribution >= 4 is 12.0 Å². The monoisotopic (exact) mass is 281 g/mol. The van der Waals surface area contributed by atoms with Gasteiger partial charge in [0.2, 0.25) is 0 Å². The van der Waals surface area contributed by atoms with E-state index in [0.717, 1.165) is 45.3 Å². The second-order valence-corrected chi connectivity index (χ2v) is 6.40. The van der Waals surface area contributed by atoms with Crippen molar-refractivity contribution < 1.29 is 14.7 Å². The molecule has 0 radical (unpaired) electrons. The fraction of sp³-hybridized carbons (Fsp3) is 0.857. The van der Waals surface area contributed by atoms with Gasteiger partial charge in [0.05, 0.1) is 6.42 Å². The number of rotatable bonds is 5. The minimum absolute atomic E-state index is 0.0261. The number of fused-ring (bicyclic) bond motifs is 3. The minimum Gasteiger partial charge on any atom is -0.481 e. The zero-order chi connectivity index (χ0) is 14.1. The van der Waals surface area contributed by atoms with Gasteiger partial charge < -0.3 is 20.6 Å². The number of carbonyl (C=O) groups is 2. The molecule has 4 rings (SSSR count). The number of piperidine rings is 3. The third-order valence-corrected chi connectivity index (χ3v) is 4.87. The van der Waals surface area contributed by atoms with E-state index in [0.29, 0.717) is 11.8 Å². The van der Waals surface area contributed by atoms with Crippen LogP contribution in [0.4, 0.5) is 4.79 Å². The molecule has 3 saturated heterocycles. The highest BCUT2D eigenvalue weighted by Gasteiger charge is 2.37. The van der Waals surface area contributed by atoms with E-state index in [1.54, 1.807) is 0 Å². The number of hydrogen-bond acceptors (Lipinski definition) is 3. The van der Waals surface area contributed by atoms with E-state index in [-0.39, 0.29) is 24.5 Å².